The van der Waals surface area contributed by atoms with Crippen LogP contribution in [0.2, 0.25) is 0 Å². The Morgan fingerprint density at radius 3 is 2.54 bits per heavy atom. The Bertz CT molecular complexity index is 649. The smallest absolute Gasteiger partial charge is 0.410 e. The number of piperidine rings is 1. The first-order chi connectivity index (χ1) is 12.2. The Morgan fingerprint density at radius 2 is 2.00 bits per heavy atom. The van der Waals surface area contributed by atoms with Gasteiger partial charge in [-0.1, -0.05) is 6.07 Å². The van der Waals surface area contributed by atoms with Crippen LogP contribution in [-0.4, -0.2) is 47.8 Å². The van der Waals surface area contributed by atoms with Gasteiger partial charge in [0.05, 0.1) is 12.0 Å². The molecule has 0 saturated carbocycles. The van der Waals surface area contributed by atoms with E-state index >= 15 is 0 Å². The molecular weight excluding hydrogens is 338 g/mol. The fourth-order valence-electron chi connectivity index (χ4n) is 2.84. The van der Waals surface area contributed by atoms with Crippen LogP contribution < -0.4 is 10.1 Å². The minimum absolute atomic E-state index is 0.0356. The van der Waals surface area contributed by atoms with E-state index in [1.54, 1.807) is 11.0 Å². The second kappa shape index (κ2) is 8.35. The lowest BCUT2D eigenvalue weighted by Crippen LogP contribution is -2.46. The molecule has 1 amide bonds. The third kappa shape index (κ3) is 5.59. The number of carbonyl (C=O) groups is 1. The number of ether oxygens (including phenoxy) is 2. The SMILES string of the molecule is COc1ccc(CNC2CCN(C(=O)OC(C)(C)C)CC2)cc1[N+](=O)[O-]. The van der Waals surface area contributed by atoms with Crippen molar-refractivity contribution in [1.82, 2.24) is 10.2 Å². The quantitative estimate of drug-likeness (QED) is 0.636. The summed E-state index contributed by atoms with van der Waals surface area (Å²) in [6.07, 6.45) is 1.36. The van der Waals surface area contributed by atoms with Gasteiger partial charge in [0.1, 0.15) is 5.60 Å². The van der Waals surface area contributed by atoms with E-state index in [1.807, 2.05) is 26.8 Å². The minimum Gasteiger partial charge on any atom is -0.490 e. The van der Waals surface area contributed by atoms with Crippen molar-refractivity contribution in [2.24, 2.45) is 0 Å². The maximum Gasteiger partial charge on any atom is 0.410 e. The molecule has 144 valence electrons. The zero-order valence-electron chi connectivity index (χ0n) is 15.8. The number of nitro groups is 1. The van der Waals surface area contributed by atoms with Gasteiger partial charge in [-0.05, 0) is 45.2 Å². The molecule has 26 heavy (non-hydrogen) atoms. The molecular formula is C18H27N3O5. The molecule has 1 aliphatic heterocycles. The average Bonchev–Trinajstić information content (AvgIpc) is 2.58. The molecule has 0 aromatic heterocycles. The van der Waals surface area contributed by atoms with E-state index in [1.165, 1.54) is 13.2 Å². The molecule has 1 aromatic rings. The number of hydrogen-bond acceptors (Lipinski definition) is 6. The number of amides is 1. The third-order valence-corrected chi connectivity index (χ3v) is 4.18. The molecule has 1 fully saturated rings. The number of nitrogens with one attached hydrogen (secondary N) is 1. The number of hydrogen-bond donors (Lipinski definition) is 1. The third-order valence-electron chi connectivity index (χ3n) is 4.18. The van der Waals surface area contributed by atoms with Crippen molar-refractivity contribution in [2.75, 3.05) is 20.2 Å². The molecule has 1 saturated heterocycles. The molecule has 0 spiro atoms. The van der Waals surface area contributed by atoms with Gasteiger partial charge in [-0.3, -0.25) is 10.1 Å². The van der Waals surface area contributed by atoms with Gasteiger partial charge in [-0.15, -0.1) is 0 Å². The van der Waals surface area contributed by atoms with Crippen molar-refractivity contribution in [3.8, 4) is 5.75 Å². The molecule has 0 atom stereocenters. The van der Waals surface area contributed by atoms with E-state index < -0.39 is 10.5 Å². The van der Waals surface area contributed by atoms with E-state index in [0.29, 0.717) is 19.6 Å². The Labute approximate surface area is 153 Å². The number of likely N-dealkylation sites (tertiary alicyclic amines) is 1. The lowest BCUT2D eigenvalue weighted by Gasteiger charge is -2.33. The Balaban J connectivity index is 1.84. The van der Waals surface area contributed by atoms with Gasteiger partial charge >= 0.3 is 11.8 Å². The standard InChI is InChI=1S/C18H27N3O5/c1-18(2,3)26-17(22)20-9-7-14(8-10-20)19-12-13-5-6-16(25-4)15(11-13)21(23)24/h5-6,11,14,19H,7-10,12H2,1-4H3. The molecule has 1 aromatic carbocycles. The van der Waals surface area contributed by atoms with Crippen LogP contribution in [-0.2, 0) is 11.3 Å². The zero-order valence-corrected chi connectivity index (χ0v) is 15.8. The summed E-state index contributed by atoms with van der Waals surface area (Å²) in [5.74, 6) is 0.254. The number of carbonyl (C=O) groups excluding carboxylic acids is 1. The van der Waals surface area contributed by atoms with Crippen LogP contribution in [0.1, 0.15) is 39.2 Å². The number of nitro benzene ring substituents is 1. The van der Waals surface area contributed by atoms with Gasteiger partial charge in [-0.2, -0.15) is 0 Å². The highest BCUT2D eigenvalue weighted by atomic mass is 16.6. The molecule has 1 N–H and O–H groups in total. The van der Waals surface area contributed by atoms with Crippen molar-refractivity contribution in [3.63, 3.8) is 0 Å². The highest BCUT2D eigenvalue weighted by molar-refractivity contribution is 5.68. The first-order valence-electron chi connectivity index (χ1n) is 8.72. The maximum atomic E-state index is 12.1. The second-order valence-electron chi connectivity index (χ2n) is 7.39. The highest BCUT2D eigenvalue weighted by Crippen LogP contribution is 2.27. The summed E-state index contributed by atoms with van der Waals surface area (Å²) in [7, 11) is 1.42. The number of benzene rings is 1. The van der Waals surface area contributed by atoms with E-state index in [4.69, 9.17) is 9.47 Å². The molecule has 0 unspecified atom stereocenters. The van der Waals surface area contributed by atoms with Crippen LogP contribution in [0.3, 0.4) is 0 Å². The summed E-state index contributed by atoms with van der Waals surface area (Å²) in [6.45, 7) is 7.36. The van der Waals surface area contributed by atoms with Crippen molar-refractivity contribution >= 4 is 11.8 Å². The molecule has 1 heterocycles. The Kier molecular flexibility index (Phi) is 6.42. The molecule has 0 aliphatic carbocycles. The van der Waals surface area contributed by atoms with E-state index in [0.717, 1.165) is 18.4 Å². The fourth-order valence-corrected chi connectivity index (χ4v) is 2.84. The Hall–Kier alpha value is -2.35. The van der Waals surface area contributed by atoms with E-state index in [9.17, 15) is 14.9 Å². The first kappa shape index (κ1) is 20.0. The number of rotatable bonds is 5. The van der Waals surface area contributed by atoms with Crippen LogP contribution in [0.4, 0.5) is 10.5 Å². The van der Waals surface area contributed by atoms with Gasteiger partial charge in [0, 0.05) is 31.7 Å². The monoisotopic (exact) mass is 365 g/mol. The van der Waals surface area contributed by atoms with Gasteiger partial charge in [0.15, 0.2) is 5.75 Å². The normalized spacial score (nSPS) is 15.6. The summed E-state index contributed by atoms with van der Waals surface area (Å²) < 4.78 is 10.4. The maximum absolute atomic E-state index is 12.1. The topological polar surface area (TPSA) is 93.9 Å². The van der Waals surface area contributed by atoms with Gasteiger partial charge in [-0.25, -0.2) is 4.79 Å². The Morgan fingerprint density at radius 1 is 1.35 bits per heavy atom. The molecule has 0 radical (unpaired) electrons. The van der Waals surface area contributed by atoms with Crippen LogP contribution in [0, 0.1) is 10.1 Å². The average molecular weight is 365 g/mol. The summed E-state index contributed by atoms with van der Waals surface area (Å²) in [6, 6.07) is 5.21. The van der Waals surface area contributed by atoms with E-state index in [2.05, 4.69) is 5.32 Å². The second-order valence-corrected chi connectivity index (χ2v) is 7.39. The lowest BCUT2D eigenvalue weighted by molar-refractivity contribution is -0.385. The summed E-state index contributed by atoms with van der Waals surface area (Å²) in [4.78, 5) is 24.4. The van der Waals surface area contributed by atoms with E-state index in [-0.39, 0.29) is 23.6 Å². The molecule has 8 nitrogen and oxygen atoms in total. The minimum atomic E-state index is -0.491. The predicted octanol–water partition coefficient (Wildman–Crippen LogP) is 3.09. The molecule has 1 aliphatic rings. The summed E-state index contributed by atoms with van der Waals surface area (Å²) in [5.41, 5.74) is 0.300. The molecule has 2 rings (SSSR count). The van der Waals surface area contributed by atoms with Crippen LogP contribution in [0.25, 0.3) is 0 Å². The van der Waals surface area contributed by atoms with Gasteiger partial charge in [0.25, 0.3) is 0 Å². The van der Waals surface area contributed by atoms with Gasteiger partial charge in [0.2, 0.25) is 0 Å². The van der Waals surface area contributed by atoms with Crippen LogP contribution in [0.5, 0.6) is 5.75 Å². The van der Waals surface area contributed by atoms with Gasteiger partial charge < -0.3 is 19.7 Å². The zero-order chi connectivity index (χ0) is 19.3. The van der Waals surface area contributed by atoms with Crippen LogP contribution in [0.15, 0.2) is 18.2 Å². The van der Waals surface area contributed by atoms with Crippen molar-refractivity contribution in [1.29, 1.82) is 0 Å². The van der Waals surface area contributed by atoms with Crippen molar-refractivity contribution in [3.05, 3.63) is 33.9 Å². The first-order valence-corrected chi connectivity index (χ1v) is 8.72. The fraction of sp³-hybridized carbons (Fsp3) is 0.611. The van der Waals surface area contributed by atoms with Crippen molar-refractivity contribution < 1.29 is 19.2 Å². The highest BCUT2D eigenvalue weighted by Gasteiger charge is 2.26. The molecule has 8 heteroatoms. The predicted molar refractivity (Wildman–Crippen MR) is 97.3 cm³/mol. The number of nitrogens with zero attached hydrogens (tertiary/aromatic N) is 2. The lowest BCUT2D eigenvalue weighted by atomic mass is 10.0. The summed E-state index contributed by atoms with van der Waals surface area (Å²) >= 11 is 0. The summed E-state index contributed by atoms with van der Waals surface area (Å²) in [5, 5.41) is 14.5. The van der Waals surface area contributed by atoms with Crippen LogP contribution >= 0.6 is 0 Å². The molecule has 0 bridgehead atoms. The number of methoxy groups -OCH3 is 1. The van der Waals surface area contributed by atoms with Crippen molar-refractivity contribution in [2.45, 2.75) is 51.8 Å². The largest absolute Gasteiger partial charge is 0.490 e.